The molecule has 0 amide bonds. The highest BCUT2D eigenvalue weighted by Gasteiger charge is 1.95. The minimum atomic E-state index is 0.818. The minimum Gasteiger partial charge on any atom is -0.458 e. The maximum absolute atomic E-state index is 5.65. The Hall–Kier alpha value is -1.76. The molecule has 1 nitrogen and oxygen atoms in total. The van der Waals surface area contributed by atoms with Crippen molar-refractivity contribution in [1.29, 1.82) is 0 Å². The summed E-state index contributed by atoms with van der Waals surface area (Å²) < 4.78 is 5.65. The van der Waals surface area contributed by atoms with Crippen molar-refractivity contribution in [1.82, 2.24) is 0 Å². The van der Waals surface area contributed by atoms with E-state index in [0.29, 0.717) is 0 Å². The summed E-state index contributed by atoms with van der Waals surface area (Å²) in [6.07, 6.45) is 7.37. The van der Waals surface area contributed by atoms with Gasteiger partial charge in [-0.1, -0.05) is 36.4 Å². The Bertz CT molecular complexity index is 369. The van der Waals surface area contributed by atoms with Crippen LogP contribution in [0.1, 0.15) is 12.5 Å². The van der Waals surface area contributed by atoms with Gasteiger partial charge in [0.1, 0.15) is 11.5 Å². The highest BCUT2D eigenvalue weighted by Crippen LogP contribution is 2.15. The summed E-state index contributed by atoms with van der Waals surface area (Å²) >= 11 is 0. The predicted molar refractivity (Wildman–Crippen MR) is 64.9 cm³/mol. The lowest BCUT2D eigenvalue weighted by Gasteiger charge is -2.05. The fourth-order valence-electron chi connectivity index (χ4n) is 1.09. The lowest BCUT2D eigenvalue weighted by atomic mass is 10.2. The first-order valence-corrected chi connectivity index (χ1v) is 4.96. The molecule has 0 heterocycles. The quantitative estimate of drug-likeness (QED) is 0.527. The fourth-order valence-corrected chi connectivity index (χ4v) is 1.09. The zero-order valence-electron chi connectivity index (χ0n) is 9.23. The average Bonchev–Trinajstić information content (AvgIpc) is 2.27. The van der Waals surface area contributed by atoms with Crippen molar-refractivity contribution >= 4 is 0 Å². The third-order valence-corrected chi connectivity index (χ3v) is 1.94. The molecule has 0 N–H and O–H groups in total. The number of allylic oxidation sites excluding steroid dienone is 4. The Balaban J connectivity index is 2.71. The van der Waals surface area contributed by atoms with Crippen molar-refractivity contribution in [2.75, 3.05) is 0 Å². The molecule has 15 heavy (non-hydrogen) atoms. The van der Waals surface area contributed by atoms with E-state index in [9.17, 15) is 0 Å². The maximum Gasteiger partial charge on any atom is 0.127 e. The van der Waals surface area contributed by atoms with Crippen LogP contribution in [0.15, 0.2) is 60.9 Å². The van der Waals surface area contributed by atoms with E-state index in [4.69, 9.17) is 4.74 Å². The van der Waals surface area contributed by atoms with Gasteiger partial charge in [0.2, 0.25) is 0 Å². The van der Waals surface area contributed by atoms with Gasteiger partial charge in [-0.2, -0.15) is 0 Å². The molecule has 0 fully saturated rings. The topological polar surface area (TPSA) is 9.23 Å². The monoisotopic (exact) mass is 200 g/mol. The standard InChI is InChI=1S/C14H16O/c1-4-6-7-13(5-2)15-14-10-8-12(3)9-11-14/h4-11H,1H2,2-3H3/b7-6-,13-5+. The second-order valence-electron chi connectivity index (χ2n) is 3.20. The van der Waals surface area contributed by atoms with Crippen LogP contribution in [0.2, 0.25) is 0 Å². The second kappa shape index (κ2) is 5.86. The van der Waals surface area contributed by atoms with E-state index in [-0.39, 0.29) is 0 Å². The molecule has 1 heteroatoms. The largest absolute Gasteiger partial charge is 0.458 e. The van der Waals surface area contributed by atoms with E-state index >= 15 is 0 Å². The van der Waals surface area contributed by atoms with Crippen LogP contribution in [0, 0.1) is 6.92 Å². The molecule has 0 aliphatic heterocycles. The van der Waals surface area contributed by atoms with E-state index in [2.05, 4.69) is 13.5 Å². The van der Waals surface area contributed by atoms with Crippen LogP contribution in [-0.2, 0) is 0 Å². The molecule has 0 bridgehead atoms. The second-order valence-corrected chi connectivity index (χ2v) is 3.20. The molecule has 0 aliphatic carbocycles. The average molecular weight is 200 g/mol. The molecule has 1 aromatic carbocycles. The first-order chi connectivity index (χ1) is 7.26. The summed E-state index contributed by atoms with van der Waals surface area (Å²) in [5, 5.41) is 0. The SMILES string of the molecule is C=C/C=C\C(=C/C)Oc1ccc(C)cc1. The van der Waals surface area contributed by atoms with Gasteiger partial charge in [0.25, 0.3) is 0 Å². The molecule has 1 rings (SSSR count). The van der Waals surface area contributed by atoms with Crippen molar-refractivity contribution < 1.29 is 4.74 Å². The summed E-state index contributed by atoms with van der Waals surface area (Å²) in [5.41, 5.74) is 1.23. The Morgan fingerprint density at radius 2 is 1.93 bits per heavy atom. The first kappa shape index (κ1) is 11.3. The zero-order valence-corrected chi connectivity index (χ0v) is 9.23. The van der Waals surface area contributed by atoms with Gasteiger partial charge in [0, 0.05) is 0 Å². The number of hydrogen-bond donors (Lipinski definition) is 0. The molecule has 0 spiro atoms. The van der Waals surface area contributed by atoms with Crippen LogP contribution in [0.5, 0.6) is 5.75 Å². The molecule has 1 aromatic rings. The molecule has 0 aromatic heterocycles. The van der Waals surface area contributed by atoms with Crippen LogP contribution in [-0.4, -0.2) is 0 Å². The van der Waals surface area contributed by atoms with Crippen LogP contribution in [0.4, 0.5) is 0 Å². The number of hydrogen-bond acceptors (Lipinski definition) is 1. The van der Waals surface area contributed by atoms with Gasteiger partial charge >= 0.3 is 0 Å². The van der Waals surface area contributed by atoms with Crippen molar-refractivity contribution in [2.24, 2.45) is 0 Å². The van der Waals surface area contributed by atoms with Gasteiger partial charge < -0.3 is 4.74 Å². The summed E-state index contributed by atoms with van der Waals surface area (Å²) in [6, 6.07) is 7.97. The molecule has 0 aliphatic rings. The van der Waals surface area contributed by atoms with Gasteiger partial charge in [-0.3, -0.25) is 0 Å². The number of ether oxygens (including phenoxy) is 1. The molecule has 0 saturated heterocycles. The van der Waals surface area contributed by atoms with Crippen LogP contribution < -0.4 is 4.74 Å². The smallest absolute Gasteiger partial charge is 0.127 e. The first-order valence-electron chi connectivity index (χ1n) is 4.96. The Morgan fingerprint density at radius 1 is 1.27 bits per heavy atom. The highest BCUT2D eigenvalue weighted by atomic mass is 16.5. The molecule has 0 unspecified atom stereocenters. The summed E-state index contributed by atoms with van der Waals surface area (Å²) in [7, 11) is 0. The molecule has 0 atom stereocenters. The predicted octanol–water partition coefficient (Wildman–Crippen LogP) is 4.02. The van der Waals surface area contributed by atoms with Crippen molar-refractivity contribution in [2.45, 2.75) is 13.8 Å². The van der Waals surface area contributed by atoms with Crippen molar-refractivity contribution in [3.8, 4) is 5.75 Å². The molecular formula is C14H16O. The van der Waals surface area contributed by atoms with E-state index in [1.165, 1.54) is 5.56 Å². The normalized spacial score (nSPS) is 11.7. The van der Waals surface area contributed by atoms with Gasteiger partial charge in [0.15, 0.2) is 0 Å². The van der Waals surface area contributed by atoms with Gasteiger partial charge in [0.05, 0.1) is 0 Å². The highest BCUT2D eigenvalue weighted by molar-refractivity contribution is 5.30. The Labute approximate surface area is 91.4 Å². The Morgan fingerprint density at radius 3 is 2.47 bits per heavy atom. The van der Waals surface area contributed by atoms with Crippen LogP contribution >= 0.6 is 0 Å². The third-order valence-electron chi connectivity index (χ3n) is 1.94. The van der Waals surface area contributed by atoms with E-state index in [1.54, 1.807) is 6.08 Å². The number of benzene rings is 1. The fraction of sp³-hybridized carbons (Fsp3) is 0.143. The zero-order chi connectivity index (χ0) is 11.1. The van der Waals surface area contributed by atoms with Gasteiger partial charge in [-0.05, 0) is 38.1 Å². The minimum absolute atomic E-state index is 0.818. The molecule has 78 valence electrons. The van der Waals surface area contributed by atoms with E-state index in [1.807, 2.05) is 49.4 Å². The maximum atomic E-state index is 5.65. The lowest BCUT2D eigenvalue weighted by molar-refractivity contribution is 0.443. The van der Waals surface area contributed by atoms with Gasteiger partial charge in [-0.15, -0.1) is 0 Å². The van der Waals surface area contributed by atoms with Crippen molar-refractivity contribution in [3.05, 3.63) is 66.5 Å². The molecule has 0 radical (unpaired) electrons. The van der Waals surface area contributed by atoms with E-state index in [0.717, 1.165) is 11.5 Å². The lowest BCUT2D eigenvalue weighted by Crippen LogP contribution is -1.91. The van der Waals surface area contributed by atoms with E-state index < -0.39 is 0 Å². The molecule has 0 saturated carbocycles. The van der Waals surface area contributed by atoms with Crippen molar-refractivity contribution in [3.63, 3.8) is 0 Å². The number of aryl methyl sites for hydroxylation is 1. The van der Waals surface area contributed by atoms with Crippen LogP contribution in [0.25, 0.3) is 0 Å². The Kier molecular flexibility index (Phi) is 4.42. The number of rotatable bonds is 4. The van der Waals surface area contributed by atoms with Crippen LogP contribution in [0.3, 0.4) is 0 Å². The third kappa shape index (κ3) is 3.86. The summed E-state index contributed by atoms with van der Waals surface area (Å²) in [4.78, 5) is 0. The summed E-state index contributed by atoms with van der Waals surface area (Å²) in [6.45, 7) is 7.61. The van der Waals surface area contributed by atoms with Gasteiger partial charge in [-0.25, -0.2) is 0 Å². The molecular weight excluding hydrogens is 184 g/mol. The summed E-state index contributed by atoms with van der Waals surface area (Å²) in [5.74, 6) is 1.67.